The summed E-state index contributed by atoms with van der Waals surface area (Å²) in [7, 11) is 0. The monoisotopic (exact) mass is 404 g/mol. The van der Waals surface area contributed by atoms with Gasteiger partial charge in [-0.3, -0.25) is 19.5 Å². The summed E-state index contributed by atoms with van der Waals surface area (Å²) in [6, 6.07) is 9.09. The minimum absolute atomic E-state index is 0.441. The molecule has 0 saturated heterocycles. The van der Waals surface area contributed by atoms with E-state index in [1.165, 1.54) is 11.8 Å². The van der Waals surface area contributed by atoms with Crippen molar-refractivity contribution in [3.05, 3.63) is 59.9 Å². The molecule has 3 aromatic rings. The number of para-hydroxylation sites is 1. The molecule has 1 amide bonds. The van der Waals surface area contributed by atoms with Gasteiger partial charge in [0.2, 0.25) is 5.89 Å². The van der Waals surface area contributed by atoms with Crippen molar-refractivity contribution in [1.29, 1.82) is 0 Å². The number of benzene rings is 1. The zero-order valence-electron chi connectivity index (χ0n) is 15.7. The first-order valence-corrected chi connectivity index (χ1v) is 10.0. The van der Waals surface area contributed by atoms with Crippen LogP contribution in [-0.2, 0) is 4.79 Å². The molecular weight excluding hydrogens is 388 g/mol. The van der Waals surface area contributed by atoms with Crippen LogP contribution in [0.1, 0.15) is 29.8 Å². The largest absolute Gasteiger partial charge is 0.411 e. The second-order valence-corrected chi connectivity index (χ2v) is 8.32. The van der Waals surface area contributed by atoms with Crippen molar-refractivity contribution in [2.24, 2.45) is 0 Å². The second kappa shape index (κ2) is 6.38. The molecule has 2 aromatic heterocycles. The molecule has 144 valence electrons. The number of carbonyl (C=O) groups is 2. The second-order valence-electron chi connectivity index (χ2n) is 7.39. The van der Waals surface area contributed by atoms with Crippen molar-refractivity contribution in [3.63, 3.8) is 0 Å². The molecule has 4 heterocycles. The van der Waals surface area contributed by atoms with Gasteiger partial charge < -0.3 is 4.42 Å². The highest BCUT2D eigenvalue weighted by Crippen LogP contribution is 2.46. The number of carbonyl (C=O) groups excluding carboxylic acids is 2. The topological polar surface area (TPSA) is 89.2 Å². The molecule has 0 atom stereocenters. The Labute approximate surface area is 170 Å². The van der Waals surface area contributed by atoms with Crippen LogP contribution in [0.25, 0.3) is 17.0 Å². The van der Waals surface area contributed by atoms with E-state index in [0.717, 1.165) is 16.7 Å². The number of thioether (sulfide) groups is 1. The minimum atomic E-state index is -0.598. The average Bonchev–Trinajstić information content (AvgIpc) is 3.29. The molecule has 7 nitrogen and oxygen atoms in total. The van der Waals surface area contributed by atoms with E-state index in [9.17, 15) is 9.59 Å². The molecule has 8 heteroatoms. The predicted molar refractivity (Wildman–Crippen MR) is 109 cm³/mol. The Morgan fingerprint density at radius 1 is 1.07 bits per heavy atom. The number of Topliss-reactive ketones (excluding diaryl/α,β-unsaturated/α-hetero) is 1. The van der Waals surface area contributed by atoms with Crippen LogP contribution in [0.5, 0.6) is 0 Å². The Kier molecular flexibility index (Phi) is 3.92. The van der Waals surface area contributed by atoms with E-state index >= 15 is 0 Å². The SMILES string of the molecule is CC1(C)C=C(CSc2nnc(-c3ccncc3)o2)c2cccc3c2N1C(=O)C3=O. The summed E-state index contributed by atoms with van der Waals surface area (Å²) in [6.07, 6.45) is 5.37. The van der Waals surface area contributed by atoms with Gasteiger partial charge >= 0.3 is 0 Å². The number of pyridine rings is 1. The summed E-state index contributed by atoms with van der Waals surface area (Å²) in [6.45, 7) is 3.87. The van der Waals surface area contributed by atoms with Crippen LogP contribution in [0, 0.1) is 0 Å². The lowest BCUT2D eigenvalue weighted by Gasteiger charge is -2.38. The lowest BCUT2D eigenvalue weighted by molar-refractivity contribution is -0.115. The molecule has 2 aliphatic rings. The third-order valence-corrected chi connectivity index (χ3v) is 5.90. The Hall–Kier alpha value is -3.26. The summed E-state index contributed by atoms with van der Waals surface area (Å²) >= 11 is 1.42. The normalized spacial score (nSPS) is 16.8. The van der Waals surface area contributed by atoms with E-state index in [1.807, 2.05) is 44.2 Å². The Balaban J connectivity index is 1.45. The van der Waals surface area contributed by atoms with E-state index in [1.54, 1.807) is 23.4 Å². The summed E-state index contributed by atoms with van der Waals surface area (Å²) < 4.78 is 5.76. The highest BCUT2D eigenvalue weighted by Gasteiger charge is 2.46. The molecular formula is C21H16N4O3S. The van der Waals surface area contributed by atoms with Crippen LogP contribution in [0.2, 0.25) is 0 Å². The molecule has 0 bridgehead atoms. The Morgan fingerprint density at radius 2 is 1.83 bits per heavy atom. The molecule has 2 aliphatic heterocycles. The number of aromatic nitrogens is 3. The van der Waals surface area contributed by atoms with Crippen molar-refractivity contribution in [1.82, 2.24) is 15.2 Å². The number of hydrogen-bond acceptors (Lipinski definition) is 7. The fourth-order valence-electron chi connectivity index (χ4n) is 3.80. The highest BCUT2D eigenvalue weighted by atomic mass is 32.2. The van der Waals surface area contributed by atoms with Gasteiger partial charge in [-0.05, 0) is 37.6 Å². The first-order valence-electron chi connectivity index (χ1n) is 9.06. The fraction of sp³-hybridized carbons (Fsp3) is 0.190. The molecule has 0 aliphatic carbocycles. The number of hydrogen-bond donors (Lipinski definition) is 0. The number of nitrogens with zero attached hydrogens (tertiary/aromatic N) is 4. The van der Waals surface area contributed by atoms with Gasteiger partial charge in [0.25, 0.3) is 16.9 Å². The maximum Gasteiger partial charge on any atom is 0.300 e. The van der Waals surface area contributed by atoms with Crippen molar-refractivity contribution in [2.75, 3.05) is 10.7 Å². The Morgan fingerprint density at radius 3 is 2.62 bits per heavy atom. The lowest BCUT2D eigenvalue weighted by atomic mass is 9.89. The zero-order valence-corrected chi connectivity index (χ0v) is 16.6. The quantitative estimate of drug-likeness (QED) is 0.484. The van der Waals surface area contributed by atoms with E-state index in [2.05, 4.69) is 15.2 Å². The first kappa shape index (κ1) is 17.8. The highest BCUT2D eigenvalue weighted by molar-refractivity contribution is 7.99. The number of amides is 1. The van der Waals surface area contributed by atoms with E-state index in [-0.39, 0.29) is 0 Å². The molecule has 1 aromatic carbocycles. The summed E-state index contributed by atoms with van der Waals surface area (Å²) in [5.41, 5.74) is 3.30. The van der Waals surface area contributed by atoms with E-state index in [0.29, 0.717) is 28.1 Å². The van der Waals surface area contributed by atoms with Crippen LogP contribution in [-0.4, -0.2) is 38.2 Å². The summed E-state index contributed by atoms with van der Waals surface area (Å²) in [4.78, 5) is 30.5. The zero-order chi connectivity index (χ0) is 20.2. The molecule has 0 unspecified atom stereocenters. The summed E-state index contributed by atoms with van der Waals surface area (Å²) in [5.74, 6) is 0.0971. The van der Waals surface area contributed by atoms with Crippen molar-refractivity contribution < 1.29 is 14.0 Å². The maximum absolute atomic E-state index is 12.5. The van der Waals surface area contributed by atoms with Crippen molar-refractivity contribution in [3.8, 4) is 11.5 Å². The van der Waals surface area contributed by atoms with Gasteiger partial charge in [-0.2, -0.15) is 0 Å². The molecule has 0 N–H and O–H groups in total. The van der Waals surface area contributed by atoms with E-state index < -0.39 is 17.2 Å². The lowest BCUT2D eigenvalue weighted by Crippen LogP contribution is -2.47. The number of ketones is 1. The third kappa shape index (κ3) is 2.79. The van der Waals surface area contributed by atoms with Crippen molar-refractivity contribution in [2.45, 2.75) is 24.6 Å². The van der Waals surface area contributed by atoms with Crippen LogP contribution < -0.4 is 4.90 Å². The van der Waals surface area contributed by atoms with E-state index in [4.69, 9.17) is 4.42 Å². The summed E-state index contributed by atoms with van der Waals surface area (Å²) in [5, 5.41) is 8.67. The molecule has 0 saturated carbocycles. The van der Waals surface area contributed by atoms with Gasteiger partial charge in [-0.25, -0.2) is 0 Å². The molecule has 0 radical (unpaired) electrons. The van der Waals surface area contributed by atoms with Gasteiger partial charge in [0.15, 0.2) is 0 Å². The maximum atomic E-state index is 12.5. The van der Waals surface area contributed by atoms with Gasteiger partial charge in [0.1, 0.15) is 0 Å². The number of rotatable bonds is 4. The standard InChI is InChI=1S/C21H16N4O3S/c1-21(2)10-13(14-4-3-5-15-16(14)25(21)19(27)17(15)26)11-29-20-24-23-18(28-20)12-6-8-22-9-7-12/h3-10H,11H2,1-2H3. The molecule has 0 fully saturated rings. The minimum Gasteiger partial charge on any atom is -0.411 e. The molecule has 0 spiro atoms. The van der Waals surface area contributed by atoms with Crippen LogP contribution in [0.15, 0.2) is 58.4 Å². The van der Waals surface area contributed by atoms with Crippen LogP contribution >= 0.6 is 11.8 Å². The van der Waals surface area contributed by atoms with Gasteiger partial charge in [-0.1, -0.05) is 30.0 Å². The third-order valence-electron chi connectivity index (χ3n) is 5.04. The van der Waals surface area contributed by atoms with Gasteiger partial charge in [-0.15, -0.1) is 10.2 Å². The van der Waals surface area contributed by atoms with Crippen LogP contribution in [0.4, 0.5) is 5.69 Å². The smallest absolute Gasteiger partial charge is 0.300 e. The van der Waals surface area contributed by atoms with Crippen molar-refractivity contribution >= 4 is 34.7 Å². The van der Waals surface area contributed by atoms with Gasteiger partial charge in [0, 0.05) is 29.3 Å². The Bertz CT molecular complexity index is 1180. The average molecular weight is 404 g/mol. The fourth-order valence-corrected chi connectivity index (χ4v) is 4.56. The van der Waals surface area contributed by atoms with Gasteiger partial charge in [0.05, 0.1) is 16.8 Å². The predicted octanol–water partition coefficient (Wildman–Crippen LogP) is 3.63. The molecule has 29 heavy (non-hydrogen) atoms. The first-order chi connectivity index (χ1) is 14.0. The molecule has 5 rings (SSSR count). The number of anilines is 1. The van der Waals surface area contributed by atoms with Crippen LogP contribution in [0.3, 0.4) is 0 Å².